The van der Waals surface area contributed by atoms with Crippen molar-refractivity contribution in [2.75, 3.05) is 13.7 Å². The van der Waals surface area contributed by atoms with Crippen molar-refractivity contribution in [1.82, 2.24) is 5.43 Å². The first-order chi connectivity index (χ1) is 7.00. The molecule has 0 bridgehead atoms. The zero-order valence-electron chi connectivity index (χ0n) is 10.0. The second-order valence-electron chi connectivity index (χ2n) is 4.91. The van der Waals surface area contributed by atoms with Crippen LogP contribution in [0.4, 0.5) is 0 Å². The van der Waals surface area contributed by atoms with Crippen LogP contribution in [-0.2, 0) is 9.47 Å². The Morgan fingerprint density at radius 1 is 1.53 bits per heavy atom. The summed E-state index contributed by atoms with van der Waals surface area (Å²) < 4.78 is 11.0. The van der Waals surface area contributed by atoms with Gasteiger partial charge in [-0.05, 0) is 11.5 Å². The highest BCUT2D eigenvalue weighted by Gasteiger charge is 2.35. The quantitative estimate of drug-likeness (QED) is 0.545. The van der Waals surface area contributed by atoms with Crippen molar-refractivity contribution in [3.63, 3.8) is 0 Å². The molecule has 88 valence electrons. The van der Waals surface area contributed by atoms with Crippen molar-refractivity contribution < 1.29 is 9.47 Å². The van der Waals surface area contributed by atoms with Gasteiger partial charge in [0.15, 0.2) is 0 Å². The van der Waals surface area contributed by atoms with E-state index in [1.54, 1.807) is 7.11 Å². The van der Waals surface area contributed by atoms with E-state index in [0.717, 1.165) is 18.8 Å². The zero-order valence-corrected chi connectivity index (χ0v) is 10.0. The van der Waals surface area contributed by atoms with E-state index in [-0.39, 0.29) is 17.6 Å². The molecule has 0 amide bonds. The van der Waals surface area contributed by atoms with Crippen LogP contribution in [0.1, 0.15) is 27.2 Å². The van der Waals surface area contributed by atoms with Crippen LogP contribution in [0.25, 0.3) is 0 Å². The highest BCUT2D eigenvalue weighted by atomic mass is 16.5. The van der Waals surface area contributed by atoms with E-state index in [4.69, 9.17) is 15.3 Å². The molecule has 1 rings (SSSR count). The van der Waals surface area contributed by atoms with Crippen molar-refractivity contribution in [1.29, 1.82) is 0 Å². The fraction of sp³-hybridized carbons (Fsp3) is 0.818. The predicted octanol–water partition coefficient (Wildman–Crippen LogP) is 1.18. The summed E-state index contributed by atoms with van der Waals surface area (Å²) in [5, 5.41) is 0. The van der Waals surface area contributed by atoms with Gasteiger partial charge in [-0.15, -0.1) is 0 Å². The summed E-state index contributed by atoms with van der Waals surface area (Å²) in [5.74, 6) is 6.48. The third-order valence-electron chi connectivity index (χ3n) is 2.63. The van der Waals surface area contributed by atoms with Crippen LogP contribution in [0.15, 0.2) is 11.8 Å². The Hall–Kier alpha value is -0.580. The maximum atomic E-state index is 5.57. The second-order valence-corrected chi connectivity index (χ2v) is 4.91. The van der Waals surface area contributed by atoms with E-state index in [0.29, 0.717) is 0 Å². The number of methoxy groups -OCH3 is 1. The molecule has 4 nitrogen and oxygen atoms in total. The number of nitrogens with two attached hydrogens (primary N) is 1. The minimum absolute atomic E-state index is 0.00755. The van der Waals surface area contributed by atoms with Gasteiger partial charge < -0.3 is 9.47 Å². The highest BCUT2D eigenvalue weighted by molar-refractivity contribution is 5.11. The van der Waals surface area contributed by atoms with E-state index in [2.05, 4.69) is 32.3 Å². The number of hydrazine groups is 1. The molecule has 0 fully saturated rings. The molecule has 1 aliphatic heterocycles. The van der Waals surface area contributed by atoms with Crippen molar-refractivity contribution in [2.45, 2.75) is 39.3 Å². The van der Waals surface area contributed by atoms with Crippen LogP contribution in [0, 0.1) is 5.41 Å². The Labute approximate surface area is 91.8 Å². The van der Waals surface area contributed by atoms with Crippen LogP contribution in [0.3, 0.4) is 0 Å². The maximum Gasteiger partial charge on any atom is 0.113 e. The molecule has 2 unspecified atom stereocenters. The fourth-order valence-corrected chi connectivity index (χ4v) is 1.96. The van der Waals surface area contributed by atoms with Crippen LogP contribution in [-0.4, -0.2) is 25.9 Å². The number of hydrogen-bond donors (Lipinski definition) is 2. The van der Waals surface area contributed by atoms with Crippen molar-refractivity contribution in [3.8, 4) is 0 Å². The summed E-state index contributed by atoms with van der Waals surface area (Å²) in [4.78, 5) is 0. The average Bonchev–Trinajstić information content (AvgIpc) is 2.64. The van der Waals surface area contributed by atoms with Gasteiger partial charge in [0.05, 0.1) is 12.7 Å². The van der Waals surface area contributed by atoms with Gasteiger partial charge in [0, 0.05) is 13.5 Å². The molecule has 0 aromatic heterocycles. The van der Waals surface area contributed by atoms with Gasteiger partial charge in [-0.3, -0.25) is 5.84 Å². The molecule has 0 aliphatic carbocycles. The molecule has 0 radical (unpaired) electrons. The third-order valence-corrected chi connectivity index (χ3v) is 2.63. The molecule has 1 aliphatic rings. The lowest BCUT2D eigenvalue weighted by molar-refractivity contribution is -0.0145. The Morgan fingerprint density at radius 3 is 2.53 bits per heavy atom. The number of nitrogens with one attached hydrogen (secondary N) is 1. The van der Waals surface area contributed by atoms with E-state index in [9.17, 15) is 0 Å². The molecule has 2 atom stereocenters. The van der Waals surface area contributed by atoms with Gasteiger partial charge in [0.25, 0.3) is 0 Å². The summed E-state index contributed by atoms with van der Waals surface area (Å²) in [6, 6.07) is -0.0718. The van der Waals surface area contributed by atoms with Gasteiger partial charge in [-0.2, -0.15) is 0 Å². The van der Waals surface area contributed by atoms with Crippen molar-refractivity contribution in [2.24, 2.45) is 11.3 Å². The summed E-state index contributed by atoms with van der Waals surface area (Å²) >= 11 is 0. The van der Waals surface area contributed by atoms with Crippen LogP contribution in [0.5, 0.6) is 0 Å². The first kappa shape index (κ1) is 12.5. The van der Waals surface area contributed by atoms with Gasteiger partial charge in [-0.25, -0.2) is 5.43 Å². The maximum absolute atomic E-state index is 5.57. The molecule has 1 heterocycles. The summed E-state index contributed by atoms with van der Waals surface area (Å²) in [7, 11) is 1.70. The zero-order chi connectivity index (χ0) is 11.5. The van der Waals surface area contributed by atoms with Gasteiger partial charge in [0.1, 0.15) is 11.8 Å². The molecule has 0 spiro atoms. The van der Waals surface area contributed by atoms with Gasteiger partial charge >= 0.3 is 0 Å². The van der Waals surface area contributed by atoms with Gasteiger partial charge in [0.2, 0.25) is 0 Å². The van der Waals surface area contributed by atoms with Crippen molar-refractivity contribution in [3.05, 3.63) is 11.8 Å². The first-order valence-corrected chi connectivity index (χ1v) is 5.32. The number of rotatable bonds is 4. The Bertz CT molecular complexity index is 233. The molecular formula is C11H22N2O2. The SMILES string of the molecule is COC(C(NN)C1=CCCO1)C(C)(C)C. The summed E-state index contributed by atoms with van der Waals surface area (Å²) in [6.45, 7) is 7.12. The first-order valence-electron chi connectivity index (χ1n) is 5.32. The Morgan fingerprint density at radius 2 is 2.20 bits per heavy atom. The molecule has 4 heteroatoms. The normalized spacial score (nSPS) is 20.7. The van der Waals surface area contributed by atoms with E-state index in [1.165, 1.54) is 0 Å². The minimum atomic E-state index is -0.0718. The highest BCUT2D eigenvalue weighted by Crippen LogP contribution is 2.29. The molecule has 3 N–H and O–H groups in total. The topological polar surface area (TPSA) is 56.5 Å². The third kappa shape index (κ3) is 2.93. The van der Waals surface area contributed by atoms with Crippen LogP contribution >= 0.6 is 0 Å². The van der Waals surface area contributed by atoms with E-state index in [1.807, 2.05) is 0 Å². The molecular weight excluding hydrogens is 192 g/mol. The lowest BCUT2D eigenvalue weighted by Gasteiger charge is -2.35. The molecule has 15 heavy (non-hydrogen) atoms. The lowest BCUT2D eigenvalue weighted by atomic mass is 9.84. The molecule has 0 aromatic carbocycles. The average molecular weight is 214 g/mol. The van der Waals surface area contributed by atoms with E-state index >= 15 is 0 Å². The largest absolute Gasteiger partial charge is 0.496 e. The molecule has 0 saturated heterocycles. The smallest absolute Gasteiger partial charge is 0.113 e. The molecule has 0 saturated carbocycles. The summed E-state index contributed by atoms with van der Waals surface area (Å²) in [5.41, 5.74) is 2.80. The molecule has 0 aromatic rings. The second kappa shape index (κ2) is 4.96. The summed E-state index contributed by atoms with van der Waals surface area (Å²) in [6.07, 6.45) is 3.02. The van der Waals surface area contributed by atoms with Crippen LogP contribution in [0.2, 0.25) is 0 Å². The van der Waals surface area contributed by atoms with Gasteiger partial charge in [-0.1, -0.05) is 20.8 Å². The van der Waals surface area contributed by atoms with Crippen LogP contribution < -0.4 is 11.3 Å². The predicted molar refractivity (Wildman–Crippen MR) is 60.0 cm³/mol. The number of hydrogen-bond acceptors (Lipinski definition) is 4. The minimum Gasteiger partial charge on any atom is -0.496 e. The Kier molecular flexibility index (Phi) is 4.13. The monoisotopic (exact) mass is 214 g/mol. The fourth-order valence-electron chi connectivity index (χ4n) is 1.96. The number of ether oxygens (including phenoxy) is 2. The Balaban J connectivity index is 2.79. The van der Waals surface area contributed by atoms with E-state index < -0.39 is 0 Å². The standard InChI is InChI=1S/C11H22N2O2/c1-11(2,3)10(14-4)9(13-12)8-6-5-7-15-8/h6,9-10,13H,5,7,12H2,1-4H3. The lowest BCUT2D eigenvalue weighted by Crippen LogP contribution is -2.51. The van der Waals surface area contributed by atoms with Crippen molar-refractivity contribution >= 4 is 0 Å².